The molecule has 7 N–H and O–H groups in total. The number of halogens is 1. The highest BCUT2D eigenvalue weighted by Crippen LogP contribution is 2.66. The molecule has 0 aliphatic carbocycles. The average Bonchev–Trinajstić information content (AvgIpc) is 2.87. The minimum absolute atomic E-state index is 0.0646. The number of hydrogen-bond acceptors (Lipinski definition) is 11. The third-order valence-corrected chi connectivity index (χ3v) is 8.61. The molecule has 6 atom stereocenters. The highest BCUT2D eigenvalue weighted by molar-refractivity contribution is 7.66. The number of aliphatic hydroxyl groups is 2. The summed E-state index contributed by atoms with van der Waals surface area (Å²) in [6.45, 7) is 2.96. The Morgan fingerprint density at radius 2 is 1.80 bits per heavy atom. The number of alkyl halides is 1. The number of aliphatic hydroxyl groups excluding tert-OH is 2. The van der Waals surface area contributed by atoms with Crippen LogP contribution in [0.1, 0.15) is 18.7 Å². The van der Waals surface area contributed by atoms with Crippen LogP contribution in [0.25, 0.3) is 0 Å². The van der Waals surface area contributed by atoms with E-state index in [4.69, 9.17) is 14.5 Å². The first-order valence-corrected chi connectivity index (χ1v) is 13.6. The van der Waals surface area contributed by atoms with Crippen LogP contribution in [0.2, 0.25) is 0 Å². The van der Waals surface area contributed by atoms with Crippen LogP contribution in [-0.4, -0.2) is 69.9 Å². The molecule has 0 radical (unpaired) electrons. The van der Waals surface area contributed by atoms with Crippen molar-refractivity contribution >= 4 is 23.5 Å². The van der Waals surface area contributed by atoms with Gasteiger partial charge >= 0.3 is 29.2 Å². The Balaban J connectivity index is 2.44. The molecule has 17 nitrogen and oxygen atoms in total. The first-order valence-electron chi connectivity index (χ1n) is 9.12. The maximum Gasteiger partial charge on any atom is 0.490 e. The zero-order chi connectivity index (χ0) is 27.2. The van der Waals surface area contributed by atoms with Crippen molar-refractivity contribution < 1.29 is 65.8 Å². The summed E-state index contributed by atoms with van der Waals surface area (Å²) in [5, 5.41) is 20.3. The van der Waals surface area contributed by atoms with Gasteiger partial charge in [-0.2, -0.15) is 8.62 Å². The van der Waals surface area contributed by atoms with E-state index in [1.807, 2.05) is 4.98 Å². The lowest BCUT2D eigenvalue weighted by Crippen LogP contribution is -2.51. The number of rotatable bonds is 10. The molecular formula is C14H22FN2O15P3. The van der Waals surface area contributed by atoms with Crippen molar-refractivity contribution in [3.05, 3.63) is 44.8 Å². The molecule has 1 aromatic heterocycles. The second kappa shape index (κ2) is 9.84. The van der Waals surface area contributed by atoms with E-state index in [0.29, 0.717) is 4.57 Å². The van der Waals surface area contributed by atoms with E-state index in [9.17, 15) is 43.3 Å². The third-order valence-electron chi connectivity index (χ3n) is 4.83. The molecule has 0 aromatic carbocycles. The predicted octanol–water partition coefficient (Wildman–Crippen LogP) is -0.906. The largest absolute Gasteiger partial charge is 0.490 e. The number of phosphoric ester groups is 1. The zero-order valence-corrected chi connectivity index (χ0v) is 20.6. The molecule has 1 aliphatic heterocycles. The monoisotopic (exact) mass is 570 g/mol. The van der Waals surface area contributed by atoms with Crippen LogP contribution in [-0.2, 0) is 31.6 Å². The SMILES string of the molecule is C=C(CO)C1(COP(=O)(O)OP(=O)(O)OP(=O)(O)O)OC(n2cc(C)c(=O)[nH]c2=O)C(C)(F)C1O. The second-order valence-corrected chi connectivity index (χ2v) is 11.9. The molecule has 1 aromatic rings. The fourth-order valence-corrected chi connectivity index (χ4v) is 6.21. The molecule has 6 unspecified atom stereocenters. The molecular weight excluding hydrogens is 548 g/mol. The van der Waals surface area contributed by atoms with Crippen molar-refractivity contribution in [2.45, 2.75) is 37.4 Å². The normalized spacial score (nSPS) is 30.5. The smallest absolute Gasteiger partial charge is 0.392 e. The minimum Gasteiger partial charge on any atom is -0.392 e. The Hall–Kier alpha value is -1.36. The summed E-state index contributed by atoms with van der Waals surface area (Å²) in [6, 6.07) is 0. The Bertz CT molecular complexity index is 1250. The van der Waals surface area contributed by atoms with E-state index in [0.717, 1.165) is 13.1 Å². The molecule has 1 aliphatic rings. The van der Waals surface area contributed by atoms with Gasteiger partial charge < -0.3 is 34.5 Å². The van der Waals surface area contributed by atoms with Crippen LogP contribution in [0.3, 0.4) is 0 Å². The van der Waals surface area contributed by atoms with E-state index in [1.54, 1.807) is 0 Å². The molecule has 1 saturated heterocycles. The van der Waals surface area contributed by atoms with Gasteiger partial charge in [0.1, 0.15) is 11.7 Å². The van der Waals surface area contributed by atoms with Crippen LogP contribution in [0.15, 0.2) is 27.9 Å². The number of aryl methyl sites for hydroxylation is 1. The summed E-state index contributed by atoms with van der Waals surface area (Å²) in [5.41, 5.74) is -8.09. The van der Waals surface area contributed by atoms with Crippen molar-refractivity contribution in [2.24, 2.45) is 0 Å². The predicted molar refractivity (Wildman–Crippen MR) is 110 cm³/mol. The highest BCUT2D eigenvalue weighted by atomic mass is 31.3. The number of nitrogens with zero attached hydrogens (tertiary/aromatic N) is 1. The van der Waals surface area contributed by atoms with Gasteiger partial charge in [0.15, 0.2) is 11.9 Å². The number of H-pyrrole nitrogens is 1. The standard InChI is InChI=1S/C14H22FN2O15P3/c1-7-4-17(12(21)16-9(7)19)11-13(3,15)10(20)14(30-11,8(2)5-18)6-29-34(25,26)32-35(27,28)31-33(22,23)24/h4,10-11,18,20H,2,5-6H2,1,3H3,(H,25,26)(H,27,28)(H,16,19,21)(H2,22,23,24). The summed E-state index contributed by atoms with van der Waals surface area (Å²) >= 11 is 0. The first-order chi connectivity index (χ1) is 15.7. The number of ether oxygens (including phenoxy) is 1. The van der Waals surface area contributed by atoms with Crippen LogP contribution in [0.4, 0.5) is 4.39 Å². The topological polar surface area (TPSA) is 264 Å². The van der Waals surface area contributed by atoms with E-state index in [2.05, 4.69) is 19.7 Å². The van der Waals surface area contributed by atoms with Gasteiger partial charge in [-0.1, -0.05) is 6.58 Å². The Morgan fingerprint density at radius 3 is 2.31 bits per heavy atom. The maximum atomic E-state index is 15.7. The Kier molecular flexibility index (Phi) is 8.39. The van der Waals surface area contributed by atoms with Gasteiger partial charge in [-0.25, -0.2) is 22.9 Å². The van der Waals surface area contributed by atoms with Gasteiger partial charge in [0.2, 0.25) is 0 Å². The van der Waals surface area contributed by atoms with Crippen molar-refractivity contribution in [2.75, 3.05) is 13.2 Å². The van der Waals surface area contributed by atoms with E-state index in [1.165, 1.54) is 6.92 Å². The van der Waals surface area contributed by atoms with Crippen LogP contribution in [0, 0.1) is 6.92 Å². The molecule has 1 fully saturated rings. The number of phosphoric acid groups is 3. The summed E-state index contributed by atoms with van der Waals surface area (Å²) in [4.78, 5) is 61.9. The van der Waals surface area contributed by atoms with E-state index < -0.39 is 77.1 Å². The van der Waals surface area contributed by atoms with Crippen molar-refractivity contribution in [3.63, 3.8) is 0 Å². The second-order valence-electron chi connectivity index (χ2n) is 7.52. The van der Waals surface area contributed by atoms with Gasteiger partial charge in [-0.15, -0.1) is 0 Å². The lowest BCUT2D eigenvalue weighted by molar-refractivity contribution is -0.109. The van der Waals surface area contributed by atoms with Crippen molar-refractivity contribution in [1.29, 1.82) is 0 Å². The zero-order valence-electron chi connectivity index (χ0n) is 17.9. The summed E-state index contributed by atoms with van der Waals surface area (Å²) in [6.07, 6.45) is -3.52. The molecule has 0 bridgehead atoms. The van der Waals surface area contributed by atoms with Crippen molar-refractivity contribution in [1.82, 2.24) is 9.55 Å². The first kappa shape index (κ1) is 29.9. The molecule has 2 rings (SSSR count). The van der Waals surface area contributed by atoms with Crippen LogP contribution in [0.5, 0.6) is 0 Å². The molecule has 35 heavy (non-hydrogen) atoms. The minimum atomic E-state index is -5.90. The van der Waals surface area contributed by atoms with E-state index >= 15 is 4.39 Å². The van der Waals surface area contributed by atoms with Crippen molar-refractivity contribution in [3.8, 4) is 0 Å². The van der Waals surface area contributed by atoms with Gasteiger partial charge in [0.25, 0.3) is 5.56 Å². The summed E-state index contributed by atoms with van der Waals surface area (Å²) in [5.74, 6) is 0. The average molecular weight is 570 g/mol. The Labute approximate surface area is 194 Å². The molecule has 2 heterocycles. The number of nitrogens with one attached hydrogen (secondary N) is 1. The number of hydrogen-bond donors (Lipinski definition) is 7. The van der Waals surface area contributed by atoms with Gasteiger partial charge in [0, 0.05) is 11.8 Å². The maximum absolute atomic E-state index is 15.7. The molecule has 0 saturated carbocycles. The number of aromatic nitrogens is 2. The molecule has 0 spiro atoms. The lowest BCUT2D eigenvalue weighted by atomic mass is 9.84. The summed E-state index contributed by atoms with van der Waals surface area (Å²) < 4.78 is 67.6. The van der Waals surface area contributed by atoms with Gasteiger partial charge in [-0.05, 0) is 19.4 Å². The number of aromatic amines is 1. The van der Waals surface area contributed by atoms with Gasteiger partial charge in [-0.3, -0.25) is 18.9 Å². The van der Waals surface area contributed by atoms with Gasteiger partial charge in [0.05, 0.1) is 13.2 Å². The molecule has 21 heteroatoms. The lowest BCUT2D eigenvalue weighted by Gasteiger charge is -2.34. The van der Waals surface area contributed by atoms with Crippen LogP contribution < -0.4 is 11.2 Å². The highest BCUT2D eigenvalue weighted by Gasteiger charge is 2.65. The summed E-state index contributed by atoms with van der Waals surface area (Å²) in [7, 11) is -17.3. The van der Waals surface area contributed by atoms with E-state index in [-0.39, 0.29) is 5.56 Å². The Morgan fingerprint density at radius 1 is 1.23 bits per heavy atom. The third kappa shape index (κ3) is 6.50. The fourth-order valence-electron chi connectivity index (χ4n) is 3.17. The quantitative estimate of drug-likeness (QED) is 0.133. The molecule has 0 amide bonds. The fraction of sp³-hybridized carbons (Fsp3) is 0.571. The van der Waals surface area contributed by atoms with Crippen LogP contribution >= 0.6 is 23.5 Å². The molecule has 200 valence electrons.